The second-order valence-corrected chi connectivity index (χ2v) is 18.3. The van der Waals surface area contributed by atoms with E-state index in [1.807, 2.05) is 50.2 Å². The Bertz CT molecular complexity index is 2280. The number of ketones is 1. The molecule has 8 aliphatic rings. The Hall–Kier alpha value is -4.63. The lowest BCUT2D eigenvalue weighted by atomic mass is 9.38. The SMILES string of the molecule is Cc1ccc2nc(C(=O)NC34CC(CC(=O)COC5CC(F)C5)(C3)C4)ccc2c1.Cc1ccc2nc(C(=O)NC34CC(N)(C3)C4)ccc2c1.Cl.O=C(O)COC1CC(F)C1. The number of rotatable bonds is 12. The van der Waals surface area contributed by atoms with Crippen LogP contribution in [0, 0.1) is 19.3 Å². The van der Waals surface area contributed by atoms with Gasteiger partial charge in [0.2, 0.25) is 0 Å². The molecule has 0 unspecified atom stereocenters. The molecule has 2 heterocycles. The molecule has 8 saturated carbocycles. The summed E-state index contributed by atoms with van der Waals surface area (Å²) in [5.74, 6) is -1.16. The van der Waals surface area contributed by atoms with Crippen LogP contribution in [-0.2, 0) is 19.1 Å². The lowest BCUT2D eigenvalue weighted by molar-refractivity contribution is -0.166. The van der Waals surface area contributed by atoms with Crippen molar-refractivity contribution in [3.8, 4) is 0 Å². The number of Topliss-reactive ketones (excluding diaryl/α,β-unsaturated/α-hetero) is 1. The number of benzene rings is 2. The lowest BCUT2D eigenvalue weighted by Gasteiger charge is -2.70. The molecular weight excluding hydrogens is 796 g/mol. The van der Waals surface area contributed by atoms with Gasteiger partial charge in [-0.25, -0.2) is 23.5 Å². The van der Waals surface area contributed by atoms with E-state index in [1.54, 1.807) is 12.1 Å². The van der Waals surface area contributed by atoms with Crippen molar-refractivity contribution in [1.29, 1.82) is 0 Å². The van der Waals surface area contributed by atoms with Crippen LogP contribution in [0.25, 0.3) is 21.8 Å². The molecule has 4 aromatic rings. The number of aryl methyl sites for hydroxylation is 2. The number of ether oxygens (including phenoxy) is 2. The summed E-state index contributed by atoms with van der Waals surface area (Å²) >= 11 is 0. The van der Waals surface area contributed by atoms with Crippen molar-refractivity contribution in [3.05, 3.63) is 83.2 Å². The molecule has 15 heteroatoms. The van der Waals surface area contributed by atoms with Crippen LogP contribution < -0.4 is 16.4 Å². The van der Waals surface area contributed by atoms with Crippen LogP contribution in [0.3, 0.4) is 0 Å². The van der Waals surface area contributed by atoms with Gasteiger partial charge >= 0.3 is 5.97 Å². The minimum atomic E-state index is -0.998. The van der Waals surface area contributed by atoms with Crippen molar-refractivity contribution in [2.75, 3.05) is 13.2 Å². The molecule has 0 spiro atoms. The number of alkyl halides is 2. The van der Waals surface area contributed by atoms with Gasteiger partial charge in [-0.2, -0.15) is 0 Å². The van der Waals surface area contributed by atoms with Gasteiger partial charge in [0.1, 0.15) is 36.9 Å². The highest BCUT2D eigenvalue weighted by Gasteiger charge is 2.69. The average Bonchev–Trinajstić information content (AvgIpc) is 3.11. The number of carboxylic acid groups (broad SMARTS) is 1. The van der Waals surface area contributed by atoms with Crippen LogP contribution in [0.15, 0.2) is 60.7 Å². The molecule has 12 rings (SSSR count). The molecule has 8 fully saturated rings. The quantitative estimate of drug-likeness (QED) is 0.121. The highest BCUT2D eigenvalue weighted by atomic mass is 35.5. The van der Waals surface area contributed by atoms with Gasteiger partial charge in [-0.05, 0) is 94.2 Å². The number of pyridine rings is 2. The normalized spacial score (nSPS) is 30.9. The molecule has 320 valence electrons. The van der Waals surface area contributed by atoms with Gasteiger partial charge in [0.05, 0.1) is 23.2 Å². The van der Waals surface area contributed by atoms with Crippen LogP contribution >= 0.6 is 12.4 Å². The van der Waals surface area contributed by atoms with E-state index in [0.717, 1.165) is 65.9 Å². The van der Waals surface area contributed by atoms with E-state index < -0.39 is 18.3 Å². The van der Waals surface area contributed by atoms with Crippen molar-refractivity contribution in [1.82, 2.24) is 20.6 Å². The number of nitrogens with zero attached hydrogens (tertiary/aromatic N) is 2. The first-order chi connectivity index (χ1) is 28.0. The molecule has 0 radical (unpaired) electrons. The maximum Gasteiger partial charge on any atom is 0.329 e. The molecular formula is C45H52ClF2N5O7. The molecule has 4 bridgehead atoms. The number of carbonyl (C=O) groups is 4. The van der Waals surface area contributed by atoms with Crippen LogP contribution in [-0.4, -0.2) is 93.0 Å². The second-order valence-electron chi connectivity index (χ2n) is 18.3. The summed E-state index contributed by atoms with van der Waals surface area (Å²) in [6.07, 6.45) is 5.43. The fourth-order valence-electron chi connectivity index (χ4n) is 9.81. The summed E-state index contributed by atoms with van der Waals surface area (Å²) in [6, 6.07) is 19.5. The predicted molar refractivity (Wildman–Crippen MR) is 223 cm³/mol. The van der Waals surface area contributed by atoms with Crippen molar-refractivity contribution in [3.63, 3.8) is 0 Å². The number of fused-ring (bicyclic) bond motifs is 2. The largest absolute Gasteiger partial charge is 0.480 e. The first-order valence-corrected chi connectivity index (χ1v) is 20.4. The summed E-state index contributed by atoms with van der Waals surface area (Å²) in [5.41, 5.74) is 10.7. The number of carbonyl (C=O) groups excluding carboxylic acids is 3. The number of carboxylic acids is 1. The van der Waals surface area contributed by atoms with Gasteiger partial charge in [-0.1, -0.05) is 35.4 Å². The Labute approximate surface area is 353 Å². The summed E-state index contributed by atoms with van der Waals surface area (Å²) < 4.78 is 35.1. The van der Waals surface area contributed by atoms with Gasteiger partial charge in [-0.15, -0.1) is 12.4 Å². The third-order valence-corrected chi connectivity index (χ3v) is 12.7. The third kappa shape index (κ3) is 9.46. The molecule has 0 atom stereocenters. The van der Waals surface area contributed by atoms with Gasteiger partial charge in [0.15, 0.2) is 5.78 Å². The van der Waals surface area contributed by atoms with E-state index in [1.165, 1.54) is 5.56 Å². The van der Waals surface area contributed by atoms with Crippen LogP contribution in [0.5, 0.6) is 0 Å². The number of aliphatic carboxylic acids is 1. The molecule has 0 aliphatic heterocycles. The molecule has 0 saturated heterocycles. The third-order valence-electron chi connectivity index (χ3n) is 12.7. The van der Waals surface area contributed by atoms with E-state index in [4.69, 9.17) is 20.3 Å². The summed E-state index contributed by atoms with van der Waals surface area (Å²) in [6.45, 7) is 3.85. The molecule has 5 N–H and O–H groups in total. The van der Waals surface area contributed by atoms with Crippen LogP contribution in [0.4, 0.5) is 8.78 Å². The summed E-state index contributed by atoms with van der Waals surface area (Å²) in [7, 11) is 0. The van der Waals surface area contributed by atoms with E-state index in [2.05, 4.69) is 32.7 Å². The van der Waals surface area contributed by atoms with Crippen molar-refractivity contribution >= 4 is 57.8 Å². The fraction of sp³-hybridized carbons (Fsp3) is 0.511. The second kappa shape index (κ2) is 16.7. The van der Waals surface area contributed by atoms with Gasteiger partial charge in [0, 0.05) is 59.5 Å². The molecule has 8 aliphatic carbocycles. The van der Waals surface area contributed by atoms with Crippen LogP contribution in [0.2, 0.25) is 0 Å². The lowest BCUT2D eigenvalue weighted by Crippen LogP contribution is -2.82. The first kappa shape index (κ1) is 43.5. The summed E-state index contributed by atoms with van der Waals surface area (Å²) in [5, 5.41) is 16.4. The van der Waals surface area contributed by atoms with E-state index in [0.29, 0.717) is 43.5 Å². The smallest absolute Gasteiger partial charge is 0.329 e. The van der Waals surface area contributed by atoms with E-state index in [-0.39, 0.29) is 77.5 Å². The number of nitrogens with two attached hydrogens (primary N) is 1. The summed E-state index contributed by atoms with van der Waals surface area (Å²) in [4.78, 5) is 56.0. The Morgan fingerprint density at radius 2 is 1.13 bits per heavy atom. The van der Waals surface area contributed by atoms with E-state index >= 15 is 0 Å². The fourth-order valence-corrected chi connectivity index (χ4v) is 9.81. The zero-order valence-electron chi connectivity index (χ0n) is 33.8. The Morgan fingerprint density at radius 3 is 1.55 bits per heavy atom. The van der Waals surface area contributed by atoms with Crippen molar-refractivity contribution < 1.29 is 42.5 Å². The molecule has 2 amide bonds. The predicted octanol–water partition coefficient (Wildman–Crippen LogP) is 6.59. The number of hydrogen-bond acceptors (Lipinski definition) is 9. The Kier molecular flexibility index (Phi) is 12.1. The first-order valence-electron chi connectivity index (χ1n) is 20.4. The Morgan fingerprint density at radius 1 is 0.700 bits per heavy atom. The number of aromatic nitrogens is 2. The molecule has 12 nitrogen and oxygen atoms in total. The minimum absolute atomic E-state index is 0. The van der Waals surface area contributed by atoms with Gasteiger partial charge in [0.25, 0.3) is 11.8 Å². The van der Waals surface area contributed by atoms with Crippen molar-refractivity contribution in [2.24, 2.45) is 11.1 Å². The molecule has 2 aromatic heterocycles. The zero-order chi connectivity index (χ0) is 41.7. The molecule has 2 aromatic carbocycles. The monoisotopic (exact) mass is 847 g/mol. The standard InChI is InChI=1S/C23H25FN2O3.C16H17N3O.C6H9FO3.ClH/c1-14-2-4-19-15(6-14)3-5-20(25-19)21(28)26-23-11-22(12-23,13-23)9-17(27)10-29-18-7-16(24)8-18;1-10-2-4-12-11(6-10)3-5-13(18-12)14(20)19-16-7-15(17,8-16)9-16;7-4-1-5(2-4)10-3-6(8)9;/h2-6,16,18H,7-13H2,1H3,(H,26,28);2-6H,7-9,17H2,1H3,(H,19,20);4-5H,1-3H2,(H,8,9);1H. The molecule has 60 heavy (non-hydrogen) atoms. The van der Waals surface area contributed by atoms with Crippen LogP contribution in [0.1, 0.15) is 103 Å². The van der Waals surface area contributed by atoms with E-state index in [9.17, 15) is 28.0 Å². The number of amides is 2. The number of hydrogen-bond donors (Lipinski definition) is 4. The maximum atomic E-state index is 12.8. The van der Waals surface area contributed by atoms with Gasteiger partial charge < -0.3 is 30.9 Å². The zero-order valence-corrected chi connectivity index (χ0v) is 34.6. The number of nitrogens with one attached hydrogen (secondary N) is 2. The number of halogens is 3. The Balaban J connectivity index is 0.000000152. The highest BCUT2D eigenvalue weighted by molar-refractivity contribution is 5.96. The van der Waals surface area contributed by atoms with Crippen molar-refractivity contribution in [2.45, 2.75) is 126 Å². The highest BCUT2D eigenvalue weighted by Crippen LogP contribution is 2.69. The average molecular weight is 848 g/mol. The maximum absolute atomic E-state index is 12.8. The topological polar surface area (TPSA) is 183 Å². The minimum Gasteiger partial charge on any atom is -0.480 e. The van der Waals surface area contributed by atoms with Gasteiger partial charge in [-0.3, -0.25) is 14.4 Å².